The Morgan fingerprint density at radius 3 is 1.48 bits per heavy atom. The zero-order valence-electron chi connectivity index (χ0n) is 40.1. The van der Waals surface area contributed by atoms with Crippen LogP contribution in [0.2, 0.25) is 0 Å². The van der Waals surface area contributed by atoms with E-state index in [4.69, 9.17) is 10.5 Å². The Bertz CT molecular complexity index is 2790. The highest BCUT2D eigenvalue weighted by molar-refractivity contribution is 6.02. The van der Waals surface area contributed by atoms with Crippen molar-refractivity contribution in [1.29, 1.82) is 0 Å². The minimum Gasteiger partial charge on any atom is -0.508 e. The van der Waals surface area contributed by atoms with Crippen LogP contribution in [0.5, 0.6) is 11.5 Å². The van der Waals surface area contributed by atoms with Gasteiger partial charge >= 0.3 is 6.09 Å². The van der Waals surface area contributed by atoms with E-state index < -0.39 is 5.60 Å². The molecule has 11 N–H and O–H groups in total. The average molecular weight is 937 g/mol. The van der Waals surface area contributed by atoms with Gasteiger partial charge in [-0.2, -0.15) is 0 Å². The van der Waals surface area contributed by atoms with Crippen LogP contribution in [0.15, 0.2) is 84.9 Å². The minimum atomic E-state index is -0.479. The lowest BCUT2D eigenvalue weighted by Crippen LogP contribution is -2.36. The number of aromatic nitrogens is 2. The van der Waals surface area contributed by atoms with Crippen LogP contribution in [-0.2, 0) is 17.8 Å². The van der Waals surface area contributed by atoms with Crippen molar-refractivity contribution in [2.45, 2.75) is 103 Å². The maximum absolute atomic E-state index is 12.7. The molecule has 2 aliphatic carbocycles. The van der Waals surface area contributed by atoms with Crippen molar-refractivity contribution in [1.82, 2.24) is 36.6 Å². The molecule has 0 spiro atoms. The summed E-state index contributed by atoms with van der Waals surface area (Å²) in [6.45, 7) is 10.4. The number of rotatable bonds is 13. The van der Waals surface area contributed by atoms with Crippen molar-refractivity contribution < 1.29 is 29.3 Å². The maximum atomic E-state index is 12.7. The first kappa shape index (κ1) is 47.7. The number of nitrogens with one attached hydrogen (secondary N) is 7. The van der Waals surface area contributed by atoms with Crippen LogP contribution >= 0.6 is 0 Å². The van der Waals surface area contributed by atoms with Crippen LogP contribution in [0, 0.1) is 23.7 Å². The van der Waals surface area contributed by atoms with Crippen LogP contribution < -0.4 is 32.3 Å². The fourth-order valence-electron chi connectivity index (χ4n) is 11.1. The van der Waals surface area contributed by atoms with Crippen molar-refractivity contribution in [2.75, 3.05) is 26.2 Å². The molecule has 14 nitrogen and oxygen atoms in total. The lowest BCUT2D eigenvalue weighted by atomic mass is 9.82. The number of amides is 3. The lowest BCUT2D eigenvalue weighted by Gasteiger charge is -2.29. The fourth-order valence-corrected chi connectivity index (χ4v) is 11.1. The third-order valence-corrected chi connectivity index (χ3v) is 14.6. The molecule has 4 aliphatic rings. The first-order valence-corrected chi connectivity index (χ1v) is 24.9. The topological polar surface area (TPSA) is 219 Å². The molecule has 4 heterocycles. The molecule has 2 saturated carbocycles. The molecule has 364 valence electrons. The van der Waals surface area contributed by atoms with Crippen molar-refractivity contribution in [3.05, 3.63) is 130 Å². The number of aromatic amines is 2. The molecule has 2 unspecified atom stereocenters. The van der Waals surface area contributed by atoms with Gasteiger partial charge in [0.2, 0.25) is 0 Å². The van der Waals surface area contributed by atoms with Gasteiger partial charge < -0.3 is 57.2 Å². The van der Waals surface area contributed by atoms with E-state index in [0.717, 1.165) is 101 Å². The quantitative estimate of drug-likeness (QED) is 0.0535. The van der Waals surface area contributed by atoms with Crippen molar-refractivity contribution in [3.8, 4) is 11.5 Å². The minimum absolute atomic E-state index is 0.0964. The number of hydrogen-bond acceptors (Lipinski definition) is 9. The highest BCUT2D eigenvalue weighted by Gasteiger charge is 2.35. The molecule has 10 rings (SSSR count). The molecule has 4 aromatic carbocycles. The zero-order chi connectivity index (χ0) is 48.2. The number of carbonyl (C=O) groups is 3. The van der Waals surface area contributed by atoms with Gasteiger partial charge in [-0.25, -0.2) is 4.79 Å². The second-order valence-corrected chi connectivity index (χ2v) is 20.6. The number of alkyl carbamates (subject to hydrolysis) is 1. The van der Waals surface area contributed by atoms with E-state index in [1.54, 1.807) is 36.4 Å². The van der Waals surface area contributed by atoms with Crippen molar-refractivity contribution in [3.63, 3.8) is 0 Å². The number of hydrogen-bond donors (Lipinski definition) is 10. The summed E-state index contributed by atoms with van der Waals surface area (Å²) < 4.78 is 5.35. The summed E-state index contributed by atoms with van der Waals surface area (Å²) in [6, 6.07) is 25.6. The normalized spacial score (nSPS) is 22.1. The van der Waals surface area contributed by atoms with Crippen LogP contribution in [-0.4, -0.2) is 69.9 Å². The van der Waals surface area contributed by atoms with E-state index in [9.17, 15) is 24.6 Å². The molecule has 0 radical (unpaired) electrons. The number of ether oxygens (including phenoxy) is 1. The zero-order valence-corrected chi connectivity index (χ0v) is 40.1. The Kier molecular flexibility index (Phi) is 14.3. The number of fused-ring (bicyclic) bond motifs is 4. The van der Waals surface area contributed by atoms with Gasteiger partial charge in [0.25, 0.3) is 11.8 Å². The number of carbonyl (C=O) groups excluding carboxylic acids is 3. The van der Waals surface area contributed by atoms with Gasteiger partial charge in [0.15, 0.2) is 0 Å². The Hall–Kier alpha value is -6.35. The standard InChI is InChI=1S/C30H38N4O4.C25H30N4O2/c1-30(2,3)38-29(37)32-16-19-10-8-18(9-11-19)15-31-17-25-26(22-6-4-5-7-24(22)33-25)27-23-14-20(35)12-13-21(23)28(36)34-27;26-12-15-5-7-16(8-6-15)13-27-14-22-23(19-3-1-2-4-21(19)28-22)24-20-11-17(30)9-10-18(20)25(31)29-24/h4-7,12-14,18-19,27,31,33,35H,8-11,15-17H2,1-3H3,(H,32,37)(H,34,36);1-4,9-11,15-16,24,27-28,30H,5-8,12-14,26H2,(H,29,31). The van der Waals surface area contributed by atoms with Gasteiger partial charge in [0.1, 0.15) is 17.1 Å². The van der Waals surface area contributed by atoms with Crippen molar-refractivity contribution >= 4 is 39.7 Å². The largest absolute Gasteiger partial charge is 0.508 e. The molecule has 2 atom stereocenters. The number of phenols is 2. The lowest BCUT2D eigenvalue weighted by molar-refractivity contribution is 0.0513. The number of benzene rings is 4. The van der Waals surface area contributed by atoms with Gasteiger partial charge in [0, 0.05) is 75.1 Å². The summed E-state index contributed by atoms with van der Waals surface area (Å²) in [7, 11) is 0. The van der Waals surface area contributed by atoms with Crippen LogP contribution in [0.1, 0.15) is 139 Å². The number of nitrogens with two attached hydrogens (primary N) is 1. The summed E-state index contributed by atoms with van der Waals surface area (Å²) >= 11 is 0. The van der Waals surface area contributed by atoms with Gasteiger partial charge in [-0.3, -0.25) is 9.59 Å². The van der Waals surface area contributed by atoms with E-state index in [1.807, 2.05) is 45.0 Å². The highest BCUT2D eigenvalue weighted by atomic mass is 16.6. The van der Waals surface area contributed by atoms with Gasteiger partial charge in [-0.05, 0) is 175 Å². The molecule has 14 heteroatoms. The third-order valence-electron chi connectivity index (χ3n) is 14.6. The average Bonchev–Trinajstić information content (AvgIpc) is 4.07. The molecule has 3 amide bonds. The van der Waals surface area contributed by atoms with Gasteiger partial charge in [0.05, 0.1) is 12.1 Å². The van der Waals surface area contributed by atoms with E-state index >= 15 is 0 Å². The van der Waals surface area contributed by atoms with Crippen LogP contribution in [0.25, 0.3) is 21.8 Å². The third kappa shape index (κ3) is 10.9. The molecule has 2 aliphatic heterocycles. The van der Waals surface area contributed by atoms with Gasteiger partial charge in [-0.15, -0.1) is 0 Å². The van der Waals surface area contributed by atoms with E-state index in [2.05, 4.69) is 60.8 Å². The van der Waals surface area contributed by atoms with Crippen molar-refractivity contribution in [2.24, 2.45) is 29.4 Å². The molecular formula is C55H68N8O6. The van der Waals surface area contributed by atoms with Crippen LogP contribution in [0.3, 0.4) is 0 Å². The smallest absolute Gasteiger partial charge is 0.407 e. The number of H-pyrrole nitrogens is 2. The first-order valence-electron chi connectivity index (χ1n) is 24.9. The molecular weight excluding hydrogens is 869 g/mol. The highest BCUT2D eigenvalue weighted by Crippen LogP contribution is 2.40. The van der Waals surface area contributed by atoms with E-state index in [-0.39, 0.29) is 41.5 Å². The van der Waals surface area contributed by atoms with E-state index in [1.165, 1.54) is 25.7 Å². The Labute approximate surface area is 403 Å². The summed E-state index contributed by atoms with van der Waals surface area (Å²) in [5.74, 6) is 2.58. The summed E-state index contributed by atoms with van der Waals surface area (Å²) in [5, 5.41) is 38.8. The maximum Gasteiger partial charge on any atom is 0.407 e. The fraction of sp³-hybridized carbons (Fsp3) is 0.436. The van der Waals surface area contributed by atoms with Gasteiger partial charge in [-0.1, -0.05) is 36.4 Å². The number of phenolic OH excluding ortho intramolecular Hbond substituents is 2. The summed E-state index contributed by atoms with van der Waals surface area (Å²) in [4.78, 5) is 44.3. The second kappa shape index (κ2) is 20.7. The molecule has 2 fully saturated rings. The molecule has 69 heavy (non-hydrogen) atoms. The monoisotopic (exact) mass is 937 g/mol. The summed E-state index contributed by atoms with van der Waals surface area (Å²) in [6.07, 6.45) is 9.02. The van der Waals surface area contributed by atoms with Crippen LogP contribution in [0.4, 0.5) is 4.79 Å². The Balaban J connectivity index is 0.000000175. The Morgan fingerprint density at radius 2 is 1.04 bits per heavy atom. The second-order valence-electron chi connectivity index (χ2n) is 20.6. The van der Waals surface area contributed by atoms with E-state index in [0.29, 0.717) is 54.4 Å². The predicted molar refractivity (Wildman–Crippen MR) is 269 cm³/mol. The predicted octanol–water partition coefficient (Wildman–Crippen LogP) is 8.69. The SMILES string of the molecule is CC(C)(C)OC(=O)NCC1CCC(CNCc2[nH]c3ccccc3c2C2NC(=O)c3ccc(O)cc32)CC1.NCC1CCC(CNCc2[nH]c3ccccc3c2C2NC(=O)c3ccc(O)cc32)CC1. The molecule has 0 bridgehead atoms. The first-order chi connectivity index (χ1) is 33.3. The Morgan fingerprint density at radius 1 is 0.623 bits per heavy atom. The molecule has 2 aromatic heterocycles. The number of aromatic hydroxyl groups is 2. The number of para-hydroxylation sites is 2. The molecule has 0 saturated heterocycles. The molecule has 6 aromatic rings. The summed E-state index contributed by atoms with van der Waals surface area (Å²) in [5.41, 5.74) is 14.5.